The molecule has 125 valence electrons. The topological polar surface area (TPSA) is 12.5 Å². The second-order valence-corrected chi connectivity index (χ2v) is 8.85. The molecular weight excluding hydrogens is 267 g/mol. The van der Waals surface area contributed by atoms with Crippen LogP contribution in [-0.4, -0.2) is 20.6 Å². The Morgan fingerprint density at radius 2 is 1.45 bits per heavy atom. The van der Waals surface area contributed by atoms with Gasteiger partial charge in [-0.3, -0.25) is 0 Å². The summed E-state index contributed by atoms with van der Waals surface area (Å²) in [6.45, 7) is 5.17. The van der Waals surface area contributed by atoms with Crippen LogP contribution in [-0.2, 0) is 4.74 Å². The Labute approximate surface area is 141 Å². The highest BCUT2D eigenvalue weighted by Crippen LogP contribution is 2.63. The molecule has 1 aliphatic heterocycles. The maximum Gasteiger partial charge on any atom is 0.0875 e. The smallest absolute Gasteiger partial charge is 0.0875 e. The van der Waals surface area contributed by atoms with Crippen molar-refractivity contribution in [2.75, 3.05) is 0 Å². The van der Waals surface area contributed by atoms with E-state index in [2.05, 4.69) is 13.8 Å². The predicted molar refractivity (Wildman–Crippen MR) is 94.8 cm³/mol. The van der Waals surface area contributed by atoms with Crippen LogP contribution in [0.25, 0.3) is 0 Å². The van der Waals surface area contributed by atoms with Gasteiger partial charge >= 0.3 is 0 Å². The van der Waals surface area contributed by atoms with Gasteiger partial charge in [0.25, 0.3) is 0 Å². The maximum absolute atomic E-state index is 6.03. The Morgan fingerprint density at radius 1 is 0.773 bits per heavy atom. The molecule has 1 nitrogen and oxygen atoms in total. The van der Waals surface area contributed by atoms with Crippen LogP contribution in [0.5, 0.6) is 0 Å². The summed E-state index contributed by atoms with van der Waals surface area (Å²) >= 11 is 0. The summed E-state index contributed by atoms with van der Waals surface area (Å²) in [5, 5.41) is 0. The minimum absolute atomic E-state index is 0. The molecule has 0 aromatic rings. The van der Waals surface area contributed by atoms with Crippen LogP contribution in [0, 0.1) is 47.3 Å². The van der Waals surface area contributed by atoms with Crippen molar-refractivity contribution in [3.63, 3.8) is 0 Å². The Morgan fingerprint density at radius 3 is 2.27 bits per heavy atom. The summed E-state index contributed by atoms with van der Waals surface area (Å²) in [5.74, 6) is 8.16. The molecule has 3 radical (unpaired) electrons. The highest BCUT2D eigenvalue weighted by atomic mass is 16.6. The average molecular weight is 304 g/mol. The van der Waals surface area contributed by atoms with Gasteiger partial charge in [0.15, 0.2) is 0 Å². The zero-order valence-electron chi connectivity index (χ0n) is 13.7. The summed E-state index contributed by atoms with van der Waals surface area (Å²) in [5.41, 5.74) is 0. The molecule has 0 aromatic carbocycles. The Hall–Kier alpha value is 0.0249. The summed E-state index contributed by atoms with van der Waals surface area (Å²) in [6, 6.07) is 0. The number of epoxide rings is 1. The second kappa shape index (κ2) is 5.83. The molecule has 0 bridgehead atoms. The fraction of sp³-hybridized carbons (Fsp3) is 1.00. The Kier molecular flexibility index (Phi) is 4.47. The van der Waals surface area contributed by atoms with Crippen LogP contribution in [0.3, 0.4) is 0 Å². The SMILES string of the molecule is C.CC1C(C)C2C(CCC3OC32)C2CCC3CCCC3C12.[2HH].[B]. The van der Waals surface area contributed by atoms with Gasteiger partial charge in [0, 0.05) is 9.84 Å². The van der Waals surface area contributed by atoms with E-state index in [1.807, 2.05) is 0 Å². The minimum atomic E-state index is 0. The van der Waals surface area contributed by atoms with E-state index in [1.54, 1.807) is 25.7 Å². The third-order valence-electron chi connectivity index (χ3n) is 8.45. The lowest BCUT2D eigenvalue weighted by Gasteiger charge is -2.56. The van der Waals surface area contributed by atoms with Crippen LogP contribution in [0.15, 0.2) is 0 Å². The lowest BCUT2D eigenvalue weighted by atomic mass is 9.48. The monoisotopic (exact) mass is 304 g/mol. The normalized spacial score (nSPS) is 58.1. The van der Waals surface area contributed by atoms with Gasteiger partial charge in [-0.05, 0) is 79.4 Å². The molecule has 1 heterocycles. The van der Waals surface area contributed by atoms with E-state index in [0.29, 0.717) is 12.2 Å². The van der Waals surface area contributed by atoms with Crippen molar-refractivity contribution in [2.45, 2.75) is 78.4 Å². The highest BCUT2D eigenvalue weighted by Gasteiger charge is 2.61. The number of hydrogen-bond acceptors (Lipinski definition) is 1. The van der Waals surface area contributed by atoms with E-state index < -0.39 is 0 Å². The first kappa shape index (κ1) is 16.9. The van der Waals surface area contributed by atoms with Crippen LogP contribution >= 0.6 is 0 Å². The molecule has 5 rings (SSSR count). The number of fused-ring (bicyclic) bond motifs is 7. The average Bonchev–Trinajstić information content (AvgIpc) is 3.10. The van der Waals surface area contributed by atoms with Crippen molar-refractivity contribution in [1.29, 1.82) is 0 Å². The van der Waals surface area contributed by atoms with Gasteiger partial charge in [0.1, 0.15) is 0 Å². The van der Waals surface area contributed by atoms with Crippen molar-refractivity contribution < 1.29 is 6.16 Å². The van der Waals surface area contributed by atoms with Crippen molar-refractivity contribution in [2.24, 2.45) is 47.3 Å². The van der Waals surface area contributed by atoms with Crippen molar-refractivity contribution in [1.82, 2.24) is 0 Å². The molecule has 10 unspecified atom stereocenters. The van der Waals surface area contributed by atoms with Gasteiger partial charge in [0.05, 0.1) is 12.2 Å². The van der Waals surface area contributed by atoms with Crippen LogP contribution < -0.4 is 0 Å². The fourth-order valence-electron chi connectivity index (χ4n) is 7.54. The summed E-state index contributed by atoms with van der Waals surface area (Å²) in [6.07, 6.45) is 12.0. The van der Waals surface area contributed by atoms with E-state index in [0.717, 1.165) is 47.3 Å². The summed E-state index contributed by atoms with van der Waals surface area (Å²) in [4.78, 5) is 0. The highest BCUT2D eigenvalue weighted by molar-refractivity contribution is 5.75. The number of ether oxygens (including phenoxy) is 1. The van der Waals surface area contributed by atoms with Crippen molar-refractivity contribution in [3.8, 4) is 0 Å². The number of rotatable bonds is 0. The molecule has 0 N–H and O–H groups in total. The summed E-state index contributed by atoms with van der Waals surface area (Å²) in [7, 11) is 0. The molecule has 1 saturated heterocycles. The first-order valence-corrected chi connectivity index (χ1v) is 9.41. The zero-order valence-corrected chi connectivity index (χ0v) is 13.7. The molecule has 0 spiro atoms. The first-order chi connectivity index (χ1) is 9.75. The van der Waals surface area contributed by atoms with E-state index in [9.17, 15) is 0 Å². The van der Waals surface area contributed by atoms with Gasteiger partial charge in [-0.15, -0.1) is 0 Å². The zero-order chi connectivity index (χ0) is 13.4. The van der Waals surface area contributed by atoms with Gasteiger partial charge < -0.3 is 4.74 Å². The van der Waals surface area contributed by atoms with Crippen molar-refractivity contribution in [3.05, 3.63) is 0 Å². The van der Waals surface area contributed by atoms with Gasteiger partial charge in [-0.1, -0.05) is 34.1 Å². The summed E-state index contributed by atoms with van der Waals surface area (Å²) < 4.78 is 6.03. The van der Waals surface area contributed by atoms with Gasteiger partial charge in [-0.25, -0.2) is 0 Å². The molecule has 5 aliphatic rings. The fourth-order valence-corrected chi connectivity index (χ4v) is 7.54. The second-order valence-electron chi connectivity index (χ2n) is 8.85. The molecule has 5 fully saturated rings. The van der Waals surface area contributed by atoms with Gasteiger partial charge in [-0.2, -0.15) is 0 Å². The molecule has 4 saturated carbocycles. The molecule has 10 atom stereocenters. The van der Waals surface area contributed by atoms with E-state index in [-0.39, 0.29) is 17.3 Å². The van der Waals surface area contributed by atoms with Crippen LogP contribution in [0.2, 0.25) is 0 Å². The first-order valence-electron chi connectivity index (χ1n) is 9.41. The third-order valence-corrected chi connectivity index (χ3v) is 8.45. The van der Waals surface area contributed by atoms with Crippen LogP contribution in [0.1, 0.15) is 67.6 Å². The Bertz CT molecular complexity index is 416. The third kappa shape index (κ3) is 2.15. The number of hydrogen-bond donors (Lipinski definition) is 0. The molecule has 4 aliphatic carbocycles. The molecule has 0 amide bonds. The van der Waals surface area contributed by atoms with E-state index >= 15 is 0 Å². The van der Waals surface area contributed by atoms with E-state index in [1.165, 1.54) is 19.3 Å². The molecule has 0 aromatic heterocycles. The van der Waals surface area contributed by atoms with E-state index in [4.69, 9.17) is 4.74 Å². The quantitative estimate of drug-likeness (QED) is 0.453. The molecule has 22 heavy (non-hydrogen) atoms. The standard InChI is InChI=1S/C19H30O.CH4.B.H2/c1-10-11(2)18-15(8-9-16-19(18)20-16)14-7-6-12-4-3-5-13(12)17(10)14;;;/h10-19H,3-9H2,1-2H3;1H4;;1H/i;;;1+1. The lowest BCUT2D eigenvalue weighted by molar-refractivity contribution is -0.0825. The molecular formula is C20H36BO. The largest absolute Gasteiger partial charge is 0.369 e. The lowest BCUT2D eigenvalue weighted by Crippen LogP contribution is -2.52. The Balaban J connectivity index is 0.000000640. The molecule has 2 heteroatoms. The predicted octanol–water partition coefficient (Wildman–Crippen LogP) is 5.01. The minimum Gasteiger partial charge on any atom is -0.369 e. The van der Waals surface area contributed by atoms with Crippen molar-refractivity contribution >= 4 is 8.41 Å². The maximum atomic E-state index is 6.03. The van der Waals surface area contributed by atoms with Crippen LogP contribution in [0.4, 0.5) is 0 Å². The van der Waals surface area contributed by atoms with Gasteiger partial charge in [0.2, 0.25) is 0 Å².